The van der Waals surface area contributed by atoms with Crippen LogP contribution in [0.4, 0.5) is 17.1 Å². The molecular weight excluding hydrogens is 310 g/mol. The van der Waals surface area contributed by atoms with Gasteiger partial charge in [-0.1, -0.05) is 23.7 Å². The summed E-state index contributed by atoms with van der Waals surface area (Å²) in [5.74, 6) is -0.0418. The number of anilines is 3. The Balaban J connectivity index is 1.74. The summed E-state index contributed by atoms with van der Waals surface area (Å²) in [6.45, 7) is 5.34. The maximum Gasteiger partial charge on any atom is 0.243 e. The summed E-state index contributed by atoms with van der Waals surface area (Å²) in [4.78, 5) is 14.5. The Morgan fingerprint density at radius 2 is 1.91 bits per heavy atom. The van der Waals surface area contributed by atoms with E-state index in [-0.39, 0.29) is 11.4 Å². The molecule has 4 nitrogen and oxygen atoms in total. The van der Waals surface area contributed by atoms with Gasteiger partial charge in [-0.2, -0.15) is 0 Å². The Hall–Kier alpha value is -2.20. The number of hydrogen-bond acceptors (Lipinski definition) is 3. The molecule has 1 amide bonds. The third-order valence-corrected chi connectivity index (χ3v) is 4.02. The molecule has 0 aliphatic carbocycles. The minimum Gasteiger partial charge on any atom is -0.377 e. The zero-order valence-corrected chi connectivity index (χ0v) is 14.0. The fourth-order valence-electron chi connectivity index (χ4n) is 2.87. The van der Waals surface area contributed by atoms with E-state index < -0.39 is 0 Å². The van der Waals surface area contributed by atoms with Crippen LogP contribution in [-0.4, -0.2) is 24.5 Å². The van der Waals surface area contributed by atoms with Crippen molar-refractivity contribution in [3.63, 3.8) is 0 Å². The number of fused-ring (bicyclic) bond motifs is 1. The van der Waals surface area contributed by atoms with Gasteiger partial charge in [-0.25, -0.2) is 0 Å². The molecule has 2 aromatic carbocycles. The number of carbonyl (C=O) groups is 1. The van der Waals surface area contributed by atoms with E-state index in [0.717, 1.165) is 23.6 Å². The Morgan fingerprint density at radius 3 is 2.65 bits per heavy atom. The molecule has 1 aliphatic rings. The lowest BCUT2D eigenvalue weighted by Crippen LogP contribution is -2.50. The van der Waals surface area contributed by atoms with Crippen molar-refractivity contribution in [1.82, 2.24) is 0 Å². The molecule has 0 radical (unpaired) electrons. The van der Waals surface area contributed by atoms with Crippen molar-refractivity contribution in [3.8, 4) is 0 Å². The minimum absolute atomic E-state index is 0.0418. The second kappa shape index (κ2) is 6.13. The van der Waals surface area contributed by atoms with E-state index in [9.17, 15) is 4.79 Å². The van der Waals surface area contributed by atoms with Crippen molar-refractivity contribution >= 4 is 34.6 Å². The van der Waals surface area contributed by atoms with Crippen molar-refractivity contribution in [2.75, 3.05) is 28.6 Å². The van der Waals surface area contributed by atoms with Gasteiger partial charge in [0.2, 0.25) is 5.91 Å². The highest BCUT2D eigenvalue weighted by Crippen LogP contribution is 2.33. The standard InChI is InChI=1S/C18H20ClN3O/c1-18(2)12-22(16-6-4-3-5-15(16)21-18)11-17(23)20-14-9-7-13(19)8-10-14/h3-10,21H,11-12H2,1-2H3,(H,20,23). The van der Waals surface area contributed by atoms with E-state index in [1.165, 1.54) is 0 Å². The highest BCUT2D eigenvalue weighted by molar-refractivity contribution is 6.30. The Labute approximate surface area is 141 Å². The van der Waals surface area contributed by atoms with Crippen molar-refractivity contribution in [2.45, 2.75) is 19.4 Å². The predicted molar refractivity (Wildman–Crippen MR) is 96.4 cm³/mol. The number of nitrogens with one attached hydrogen (secondary N) is 2. The van der Waals surface area contributed by atoms with Crippen LogP contribution in [0.5, 0.6) is 0 Å². The van der Waals surface area contributed by atoms with Crippen LogP contribution in [0.2, 0.25) is 5.02 Å². The third kappa shape index (κ3) is 3.77. The monoisotopic (exact) mass is 329 g/mol. The SMILES string of the molecule is CC1(C)CN(CC(=O)Nc2ccc(Cl)cc2)c2ccccc2N1. The fraction of sp³-hybridized carbons (Fsp3) is 0.278. The maximum absolute atomic E-state index is 12.4. The molecule has 120 valence electrons. The minimum atomic E-state index is -0.0884. The zero-order chi connectivity index (χ0) is 16.4. The van der Waals surface area contributed by atoms with Crippen LogP contribution < -0.4 is 15.5 Å². The van der Waals surface area contributed by atoms with E-state index in [0.29, 0.717) is 11.6 Å². The van der Waals surface area contributed by atoms with Gasteiger partial charge in [-0.05, 0) is 50.2 Å². The first-order valence-electron chi connectivity index (χ1n) is 7.60. The van der Waals surface area contributed by atoms with Crippen LogP contribution >= 0.6 is 11.6 Å². The van der Waals surface area contributed by atoms with Gasteiger partial charge in [0.1, 0.15) is 0 Å². The topological polar surface area (TPSA) is 44.4 Å². The molecule has 0 unspecified atom stereocenters. The molecule has 0 saturated carbocycles. The lowest BCUT2D eigenvalue weighted by atomic mass is 9.99. The summed E-state index contributed by atoms with van der Waals surface area (Å²) in [7, 11) is 0. The Bertz CT molecular complexity index is 712. The summed E-state index contributed by atoms with van der Waals surface area (Å²) in [6.07, 6.45) is 0. The molecule has 3 rings (SSSR count). The summed E-state index contributed by atoms with van der Waals surface area (Å²) in [5, 5.41) is 7.08. The molecule has 23 heavy (non-hydrogen) atoms. The van der Waals surface area contributed by atoms with Crippen molar-refractivity contribution < 1.29 is 4.79 Å². The van der Waals surface area contributed by atoms with E-state index in [1.54, 1.807) is 24.3 Å². The number of para-hydroxylation sites is 2. The Morgan fingerprint density at radius 1 is 1.22 bits per heavy atom. The summed E-state index contributed by atoms with van der Waals surface area (Å²) in [5.41, 5.74) is 2.78. The first kappa shape index (κ1) is 15.7. The van der Waals surface area contributed by atoms with Gasteiger partial charge in [-0.3, -0.25) is 4.79 Å². The predicted octanol–water partition coefficient (Wildman–Crippen LogP) is 3.99. The van der Waals surface area contributed by atoms with Crippen molar-refractivity contribution in [1.29, 1.82) is 0 Å². The van der Waals surface area contributed by atoms with Crippen molar-refractivity contribution in [2.24, 2.45) is 0 Å². The highest BCUT2D eigenvalue weighted by Gasteiger charge is 2.30. The molecule has 1 heterocycles. The molecule has 2 aromatic rings. The molecule has 0 atom stereocenters. The Kier molecular flexibility index (Phi) is 4.18. The molecular formula is C18H20ClN3O. The summed E-state index contributed by atoms with van der Waals surface area (Å²) in [6, 6.07) is 15.2. The molecule has 0 fully saturated rings. The first-order valence-corrected chi connectivity index (χ1v) is 7.98. The van der Waals surface area contributed by atoms with E-state index in [4.69, 9.17) is 11.6 Å². The van der Waals surface area contributed by atoms with Crippen LogP contribution in [0.3, 0.4) is 0 Å². The van der Waals surface area contributed by atoms with Gasteiger partial charge in [0, 0.05) is 22.8 Å². The number of halogens is 1. The van der Waals surface area contributed by atoms with Gasteiger partial charge < -0.3 is 15.5 Å². The van der Waals surface area contributed by atoms with Gasteiger partial charge in [0.05, 0.1) is 17.9 Å². The maximum atomic E-state index is 12.4. The van der Waals surface area contributed by atoms with E-state index in [2.05, 4.69) is 29.4 Å². The summed E-state index contributed by atoms with van der Waals surface area (Å²) >= 11 is 5.86. The lowest BCUT2D eigenvalue weighted by molar-refractivity contribution is -0.115. The third-order valence-electron chi connectivity index (χ3n) is 3.77. The quantitative estimate of drug-likeness (QED) is 0.895. The number of rotatable bonds is 3. The van der Waals surface area contributed by atoms with Crippen molar-refractivity contribution in [3.05, 3.63) is 53.6 Å². The molecule has 0 aromatic heterocycles. The molecule has 1 aliphatic heterocycles. The highest BCUT2D eigenvalue weighted by atomic mass is 35.5. The van der Waals surface area contributed by atoms with Crippen LogP contribution in [0.1, 0.15) is 13.8 Å². The fourth-order valence-corrected chi connectivity index (χ4v) is 3.00. The van der Waals surface area contributed by atoms with Crippen LogP contribution in [0, 0.1) is 0 Å². The second-order valence-electron chi connectivity index (χ2n) is 6.44. The van der Waals surface area contributed by atoms with Gasteiger partial charge in [0.15, 0.2) is 0 Å². The summed E-state index contributed by atoms with van der Waals surface area (Å²) < 4.78 is 0. The lowest BCUT2D eigenvalue weighted by Gasteiger charge is -2.41. The number of carbonyl (C=O) groups excluding carboxylic acids is 1. The molecule has 0 bridgehead atoms. The van der Waals surface area contributed by atoms with Gasteiger partial charge in [-0.15, -0.1) is 0 Å². The largest absolute Gasteiger partial charge is 0.377 e. The second-order valence-corrected chi connectivity index (χ2v) is 6.87. The first-order chi connectivity index (χ1) is 10.9. The number of benzene rings is 2. The van der Waals surface area contributed by atoms with Gasteiger partial charge >= 0.3 is 0 Å². The van der Waals surface area contributed by atoms with E-state index in [1.807, 2.05) is 24.3 Å². The number of nitrogens with zero attached hydrogens (tertiary/aromatic N) is 1. The molecule has 2 N–H and O–H groups in total. The normalized spacial score (nSPS) is 15.5. The number of hydrogen-bond donors (Lipinski definition) is 2. The van der Waals surface area contributed by atoms with E-state index >= 15 is 0 Å². The van der Waals surface area contributed by atoms with Gasteiger partial charge in [0.25, 0.3) is 0 Å². The smallest absolute Gasteiger partial charge is 0.243 e. The molecule has 0 spiro atoms. The average Bonchev–Trinajstić information content (AvgIpc) is 2.48. The van der Waals surface area contributed by atoms with Crippen LogP contribution in [-0.2, 0) is 4.79 Å². The van der Waals surface area contributed by atoms with Crippen LogP contribution in [0.15, 0.2) is 48.5 Å². The number of amides is 1. The average molecular weight is 330 g/mol. The molecule has 5 heteroatoms. The van der Waals surface area contributed by atoms with Crippen LogP contribution in [0.25, 0.3) is 0 Å². The zero-order valence-electron chi connectivity index (χ0n) is 13.3. The molecule has 0 saturated heterocycles.